The van der Waals surface area contributed by atoms with Crippen molar-refractivity contribution in [1.82, 2.24) is 10.7 Å². The van der Waals surface area contributed by atoms with Gasteiger partial charge in [-0.1, -0.05) is 24.3 Å². The van der Waals surface area contributed by atoms with Gasteiger partial charge in [0.2, 0.25) is 0 Å². The van der Waals surface area contributed by atoms with Crippen molar-refractivity contribution in [2.24, 2.45) is 5.10 Å². The molecule has 0 fully saturated rings. The number of alkyl halides is 3. The van der Waals surface area contributed by atoms with Crippen LogP contribution in [0.4, 0.5) is 13.2 Å². The highest BCUT2D eigenvalue weighted by molar-refractivity contribution is 5.98. The first-order valence-corrected chi connectivity index (χ1v) is 9.28. The van der Waals surface area contributed by atoms with Crippen LogP contribution in [0.5, 0.6) is 5.75 Å². The van der Waals surface area contributed by atoms with Gasteiger partial charge in [-0.15, -0.1) is 0 Å². The fourth-order valence-electron chi connectivity index (χ4n) is 2.72. The number of carbonyl (C=O) groups excluding carboxylic acids is 2. The van der Waals surface area contributed by atoms with Gasteiger partial charge in [-0.05, 0) is 36.4 Å². The van der Waals surface area contributed by atoms with Crippen molar-refractivity contribution in [3.05, 3.63) is 77.6 Å². The summed E-state index contributed by atoms with van der Waals surface area (Å²) in [5.41, 5.74) is 1.97. The van der Waals surface area contributed by atoms with Crippen molar-refractivity contribution in [3.8, 4) is 17.1 Å². The molecule has 1 heterocycles. The Morgan fingerprint density at radius 3 is 2.62 bits per heavy atom. The number of para-hydroxylation sites is 1. The molecule has 1 aromatic heterocycles. The van der Waals surface area contributed by atoms with Crippen molar-refractivity contribution in [2.45, 2.75) is 6.18 Å². The summed E-state index contributed by atoms with van der Waals surface area (Å²) in [6.07, 6.45) is -3.27. The minimum absolute atomic E-state index is 0.216. The van der Waals surface area contributed by atoms with Crippen LogP contribution in [0.3, 0.4) is 0 Å². The molecule has 0 aliphatic heterocycles. The van der Waals surface area contributed by atoms with Gasteiger partial charge in [0, 0.05) is 5.56 Å². The van der Waals surface area contributed by atoms with E-state index >= 15 is 0 Å². The van der Waals surface area contributed by atoms with Gasteiger partial charge in [0.05, 0.1) is 31.0 Å². The lowest BCUT2D eigenvalue weighted by molar-refractivity contribution is -0.137. The molecular weight excluding hydrogens is 427 g/mol. The van der Waals surface area contributed by atoms with Crippen molar-refractivity contribution in [1.29, 1.82) is 0 Å². The van der Waals surface area contributed by atoms with E-state index in [1.54, 1.807) is 24.3 Å². The number of amides is 2. The number of hydrazone groups is 1. The Balaban J connectivity index is 1.54. The van der Waals surface area contributed by atoms with Crippen LogP contribution in [0.15, 0.2) is 70.2 Å². The summed E-state index contributed by atoms with van der Waals surface area (Å²) in [5.74, 6) is -0.269. The molecule has 0 aliphatic rings. The van der Waals surface area contributed by atoms with Crippen LogP contribution in [0, 0.1) is 0 Å². The Morgan fingerprint density at radius 2 is 1.88 bits per heavy atom. The maximum atomic E-state index is 12.9. The lowest BCUT2D eigenvalue weighted by Crippen LogP contribution is -2.35. The smallest absolute Gasteiger partial charge is 0.416 e. The zero-order chi connectivity index (χ0) is 23.1. The largest absolute Gasteiger partial charge is 0.496 e. The Kier molecular flexibility index (Phi) is 6.93. The third kappa shape index (κ3) is 5.75. The Hall–Kier alpha value is -4.08. The summed E-state index contributed by atoms with van der Waals surface area (Å²) in [7, 11) is 1.43. The number of hydrogen-bond acceptors (Lipinski definition) is 5. The molecular formula is C22H18F3N3O4. The van der Waals surface area contributed by atoms with Crippen molar-refractivity contribution in [2.75, 3.05) is 13.7 Å². The van der Waals surface area contributed by atoms with Gasteiger partial charge < -0.3 is 14.5 Å². The lowest BCUT2D eigenvalue weighted by Gasteiger charge is -2.08. The number of nitrogens with one attached hydrogen (secondary N) is 2. The first-order valence-electron chi connectivity index (χ1n) is 9.28. The zero-order valence-electron chi connectivity index (χ0n) is 16.8. The SMILES string of the molecule is COc1ccccc1C(=O)NCC(=O)NN=Cc1ccc(-c2cccc(C(F)(F)F)c2)o1. The fourth-order valence-corrected chi connectivity index (χ4v) is 2.72. The molecule has 2 aromatic carbocycles. The first-order chi connectivity index (χ1) is 15.3. The molecule has 0 bridgehead atoms. The van der Waals surface area contributed by atoms with E-state index in [1.807, 2.05) is 0 Å². The van der Waals surface area contributed by atoms with Gasteiger partial charge in [0.25, 0.3) is 11.8 Å². The maximum absolute atomic E-state index is 12.9. The summed E-state index contributed by atoms with van der Waals surface area (Å²) in [5, 5.41) is 6.16. The van der Waals surface area contributed by atoms with Crippen LogP contribution in [0.25, 0.3) is 11.3 Å². The molecule has 3 rings (SSSR count). The van der Waals surface area contributed by atoms with E-state index in [9.17, 15) is 22.8 Å². The second-order valence-electron chi connectivity index (χ2n) is 6.46. The van der Waals surface area contributed by atoms with E-state index in [4.69, 9.17) is 9.15 Å². The molecule has 0 aliphatic carbocycles. The number of halogens is 3. The van der Waals surface area contributed by atoms with E-state index in [0.29, 0.717) is 5.75 Å². The van der Waals surface area contributed by atoms with Crippen molar-refractivity contribution >= 4 is 18.0 Å². The molecule has 0 saturated carbocycles. The zero-order valence-corrected chi connectivity index (χ0v) is 16.8. The second-order valence-corrected chi connectivity index (χ2v) is 6.46. The van der Waals surface area contributed by atoms with Crippen LogP contribution >= 0.6 is 0 Å². The van der Waals surface area contributed by atoms with Crippen molar-refractivity contribution in [3.63, 3.8) is 0 Å². The summed E-state index contributed by atoms with van der Waals surface area (Å²) in [6, 6.07) is 14.3. The lowest BCUT2D eigenvalue weighted by atomic mass is 10.1. The number of benzene rings is 2. The number of nitrogens with zero attached hydrogens (tertiary/aromatic N) is 1. The van der Waals surface area contributed by atoms with E-state index in [0.717, 1.165) is 12.1 Å². The van der Waals surface area contributed by atoms with Crippen LogP contribution < -0.4 is 15.5 Å². The summed E-state index contributed by atoms with van der Waals surface area (Å²) in [6.45, 7) is -0.331. The topological polar surface area (TPSA) is 92.9 Å². The summed E-state index contributed by atoms with van der Waals surface area (Å²) < 4.78 is 49.1. The first kappa shape index (κ1) is 22.6. The molecule has 32 heavy (non-hydrogen) atoms. The fraction of sp³-hybridized carbons (Fsp3) is 0.136. The van der Waals surface area contributed by atoms with Crippen LogP contribution in [-0.4, -0.2) is 31.7 Å². The third-order valence-electron chi connectivity index (χ3n) is 4.24. The van der Waals surface area contributed by atoms with Gasteiger partial charge in [-0.2, -0.15) is 18.3 Å². The van der Waals surface area contributed by atoms with E-state index in [1.165, 1.54) is 37.6 Å². The maximum Gasteiger partial charge on any atom is 0.416 e. The molecule has 10 heteroatoms. The Morgan fingerprint density at radius 1 is 1.09 bits per heavy atom. The van der Waals surface area contributed by atoms with E-state index in [-0.39, 0.29) is 29.2 Å². The van der Waals surface area contributed by atoms with Crippen LogP contribution in [0.1, 0.15) is 21.7 Å². The second kappa shape index (κ2) is 9.82. The van der Waals surface area contributed by atoms with Crippen molar-refractivity contribution < 1.29 is 31.9 Å². The molecule has 7 nitrogen and oxygen atoms in total. The number of carbonyl (C=O) groups is 2. The molecule has 2 N–H and O–H groups in total. The van der Waals surface area contributed by atoms with Gasteiger partial charge in [0.1, 0.15) is 17.3 Å². The van der Waals surface area contributed by atoms with Gasteiger partial charge in [-0.25, -0.2) is 5.43 Å². The molecule has 0 unspecified atom stereocenters. The van der Waals surface area contributed by atoms with E-state index in [2.05, 4.69) is 15.8 Å². The number of furan rings is 1. The quantitative estimate of drug-likeness (QED) is 0.427. The predicted octanol–water partition coefficient (Wildman–Crippen LogP) is 3.85. The highest BCUT2D eigenvalue weighted by Gasteiger charge is 2.30. The third-order valence-corrected chi connectivity index (χ3v) is 4.24. The standard InChI is InChI=1S/C22H18F3N3O4/c1-31-19-8-3-2-7-17(19)21(30)26-13-20(29)28-27-12-16-9-10-18(32-16)14-5-4-6-15(11-14)22(23,24)25/h2-12H,13H2,1H3,(H,26,30)(H,28,29). The molecule has 0 radical (unpaired) electrons. The van der Waals surface area contributed by atoms with Gasteiger partial charge >= 0.3 is 6.18 Å². The number of rotatable bonds is 7. The number of hydrogen-bond donors (Lipinski definition) is 2. The molecule has 0 saturated heterocycles. The van der Waals surface area contributed by atoms with Crippen LogP contribution in [0.2, 0.25) is 0 Å². The molecule has 166 valence electrons. The predicted molar refractivity (Wildman–Crippen MR) is 110 cm³/mol. The highest BCUT2D eigenvalue weighted by Crippen LogP contribution is 2.32. The summed E-state index contributed by atoms with van der Waals surface area (Å²) in [4.78, 5) is 24.0. The normalized spacial score (nSPS) is 11.4. The monoisotopic (exact) mass is 445 g/mol. The minimum Gasteiger partial charge on any atom is -0.496 e. The summed E-state index contributed by atoms with van der Waals surface area (Å²) >= 11 is 0. The number of methoxy groups -OCH3 is 1. The Bertz CT molecular complexity index is 1140. The van der Waals surface area contributed by atoms with Crippen LogP contribution in [-0.2, 0) is 11.0 Å². The van der Waals surface area contributed by atoms with Gasteiger partial charge in [-0.3, -0.25) is 9.59 Å². The average molecular weight is 445 g/mol. The molecule has 3 aromatic rings. The molecule has 0 atom stereocenters. The minimum atomic E-state index is -4.46. The van der Waals surface area contributed by atoms with E-state index < -0.39 is 23.6 Å². The highest BCUT2D eigenvalue weighted by atomic mass is 19.4. The Labute approximate surface area is 180 Å². The number of ether oxygens (including phenoxy) is 1. The van der Waals surface area contributed by atoms with Gasteiger partial charge in [0.15, 0.2) is 0 Å². The average Bonchev–Trinajstić information content (AvgIpc) is 3.26. The molecule has 0 spiro atoms. The molecule has 2 amide bonds.